The van der Waals surface area contributed by atoms with Crippen LogP contribution in [0.1, 0.15) is 12.0 Å². The molecule has 13 heteroatoms. The molecule has 2 N–H and O–H groups in total. The number of imidazole rings is 1. The molecule has 5 aromatic rings. The van der Waals surface area contributed by atoms with Crippen molar-refractivity contribution in [2.45, 2.75) is 17.5 Å². The van der Waals surface area contributed by atoms with E-state index in [1.54, 1.807) is 13.3 Å². The van der Waals surface area contributed by atoms with Crippen LogP contribution in [0.4, 0.5) is 19.0 Å². The number of aromatic nitrogens is 3. The number of nitrogens with one attached hydrogen (secondary N) is 2. The van der Waals surface area contributed by atoms with Crippen LogP contribution < -0.4 is 14.8 Å². The molecule has 0 fully saturated rings. The van der Waals surface area contributed by atoms with Crippen molar-refractivity contribution in [3.63, 3.8) is 0 Å². The highest BCUT2D eigenvalue weighted by atomic mass is 32.2. The van der Waals surface area contributed by atoms with E-state index in [-0.39, 0.29) is 11.4 Å². The first-order chi connectivity index (χ1) is 19.2. The molecule has 0 bridgehead atoms. The molecule has 0 amide bonds. The van der Waals surface area contributed by atoms with Crippen LogP contribution in [0.5, 0.6) is 5.75 Å². The van der Waals surface area contributed by atoms with Gasteiger partial charge in [-0.05, 0) is 55.0 Å². The maximum atomic E-state index is 12.7. The van der Waals surface area contributed by atoms with Crippen LogP contribution in [0.15, 0.2) is 83.3 Å². The van der Waals surface area contributed by atoms with Crippen molar-refractivity contribution < 1.29 is 26.3 Å². The normalized spacial score (nSPS) is 12.1. The highest BCUT2D eigenvalue weighted by molar-refractivity contribution is 7.89. The molecular weight excluding hydrogens is 563 g/mol. The molecule has 0 atom stereocenters. The van der Waals surface area contributed by atoms with Gasteiger partial charge in [0.2, 0.25) is 10.0 Å². The predicted molar refractivity (Wildman–Crippen MR) is 148 cm³/mol. The van der Waals surface area contributed by atoms with Crippen molar-refractivity contribution in [2.24, 2.45) is 0 Å². The summed E-state index contributed by atoms with van der Waals surface area (Å²) in [5.41, 5.74) is 2.61. The maximum absolute atomic E-state index is 12.7. The van der Waals surface area contributed by atoms with Crippen LogP contribution in [-0.4, -0.2) is 43.0 Å². The van der Waals surface area contributed by atoms with E-state index in [4.69, 9.17) is 9.72 Å². The molecule has 5 rings (SSSR count). The third-order valence-corrected chi connectivity index (χ3v) is 8.32. The zero-order chi connectivity index (χ0) is 28.3. The quantitative estimate of drug-likeness (QED) is 0.197. The van der Waals surface area contributed by atoms with Crippen molar-refractivity contribution in [2.75, 3.05) is 25.5 Å². The Kier molecular flexibility index (Phi) is 7.79. The first-order valence-corrected chi connectivity index (χ1v) is 14.5. The fraction of sp³-hybridized carbons (Fsp3) is 0.185. The number of hydrogen-bond donors (Lipinski definition) is 2. The van der Waals surface area contributed by atoms with Gasteiger partial charge >= 0.3 is 6.18 Å². The van der Waals surface area contributed by atoms with Gasteiger partial charge in [0.1, 0.15) is 11.6 Å². The summed E-state index contributed by atoms with van der Waals surface area (Å²) < 4.78 is 72.9. The van der Waals surface area contributed by atoms with Crippen molar-refractivity contribution in [3.8, 4) is 28.3 Å². The Hall–Kier alpha value is -3.94. The Balaban J connectivity index is 1.25. The van der Waals surface area contributed by atoms with Crippen molar-refractivity contribution in [1.82, 2.24) is 19.1 Å². The first kappa shape index (κ1) is 27.6. The van der Waals surface area contributed by atoms with E-state index in [1.807, 2.05) is 52.4 Å². The lowest BCUT2D eigenvalue weighted by atomic mass is 10.1. The smallest absolute Gasteiger partial charge is 0.416 e. The second-order valence-electron chi connectivity index (χ2n) is 8.73. The van der Waals surface area contributed by atoms with Gasteiger partial charge in [0.05, 0.1) is 29.0 Å². The number of methoxy groups -OCH3 is 1. The van der Waals surface area contributed by atoms with E-state index in [9.17, 15) is 21.6 Å². The van der Waals surface area contributed by atoms with Gasteiger partial charge in [0, 0.05) is 42.0 Å². The fourth-order valence-corrected chi connectivity index (χ4v) is 5.91. The SMILES string of the molecule is COc1cccc(-c2nc3sccn3c2-c2ccnc(NCCCNS(=O)(=O)c3ccc(C(F)(F)F)cc3)c2)c1. The molecule has 2 aromatic carbocycles. The highest BCUT2D eigenvalue weighted by Crippen LogP contribution is 2.36. The van der Waals surface area contributed by atoms with Gasteiger partial charge in [-0.25, -0.2) is 23.1 Å². The average molecular weight is 588 g/mol. The lowest BCUT2D eigenvalue weighted by Crippen LogP contribution is -2.26. The van der Waals surface area contributed by atoms with E-state index in [2.05, 4.69) is 15.0 Å². The molecule has 0 saturated carbocycles. The van der Waals surface area contributed by atoms with Crippen LogP contribution >= 0.6 is 11.3 Å². The minimum atomic E-state index is -4.53. The Labute approximate surface area is 232 Å². The van der Waals surface area contributed by atoms with Crippen molar-refractivity contribution >= 4 is 32.1 Å². The summed E-state index contributed by atoms with van der Waals surface area (Å²) in [4.78, 5) is 9.84. The van der Waals surface area contributed by atoms with E-state index >= 15 is 0 Å². The van der Waals surface area contributed by atoms with Gasteiger partial charge < -0.3 is 10.1 Å². The summed E-state index contributed by atoms with van der Waals surface area (Å²) in [5, 5.41) is 5.16. The van der Waals surface area contributed by atoms with Gasteiger partial charge in [-0.1, -0.05) is 12.1 Å². The van der Waals surface area contributed by atoms with Crippen molar-refractivity contribution in [3.05, 3.63) is 84.0 Å². The molecule has 208 valence electrons. The van der Waals surface area contributed by atoms with Gasteiger partial charge in [0.15, 0.2) is 4.96 Å². The summed E-state index contributed by atoms with van der Waals surface area (Å²) in [7, 11) is -2.32. The molecule has 0 spiro atoms. The second-order valence-corrected chi connectivity index (χ2v) is 11.4. The molecule has 40 heavy (non-hydrogen) atoms. The standard InChI is InChI=1S/C27H24F3N5O3S2/c1-38-21-5-2-4-18(16-21)24-25(35-14-15-39-26(35)34-24)19-10-13-32-23(17-19)31-11-3-12-33-40(36,37)22-8-6-20(7-9-22)27(28,29)30/h2,4-10,13-17,33H,3,11-12H2,1H3,(H,31,32). The summed E-state index contributed by atoms with van der Waals surface area (Å²) in [6, 6.07) is 14.9. The van der Waals surface area contributed by atoms with Gasteiger partial charge in [-0.3, -0.25) is 4.40 Å². The largest absolute Gasteiger partial charge is 0.497 e. The van der Waals surface area contributed by atoms with Crippen molar-refractivity contribution in [1.29, 1.82) is 0 Å². The number of halogens is 3. The molecule has 0 saturated heterocycles. The Bertz CT molecular complexity index is 1730. The van der Waals surface area contributed by atoms with Crippen LogP contribution in [0.25, 0.3) is 27.5 Å². The zero-order valence-electron chi connectivity index (χ0n) is 21.1. The van der Waals surface area contributed by atoms with Crippen LogP contribution in [0, 0.1) is 0 Å². The molecule has 3 aromatic heterocycles. The summed E-state index contributed by atoms with van der Waals surface area (Å²) in [6.45, 7) is 0.503. The van der Waals surface area contributed by atoms with Gasteiger partial charge in [-0.2, -0.15) is 13.2 Å². The number of pyridine rings is 1. The predicted octanol–water partition coefficient (Wildman–Crippen LogP) is 5.93. The number of fused-ring (bicyclic) bond motifs is 1. The molecule has 8 nitrogen and oxygen atoms in total. The highest BCUT2D eigenvalue weighted by Gasteiger charge is 2.30. The van der Waals surface area contributed by atoms with E-state index in [1.165, 1.54) is 11.3 Å². The third kappa shape index (κ3) is 5.96. The zero-order valence-corrected chi connectivity index (χ0v) is 22.8. The second kappa shape index (κ2) is 11.3. The summed E-state index contributed by atoms with van der Waals surface area (Å²) in [5.74, 6) is 1.33. The molecule has 3 heterocycles. The Morgan fingerprint density at radius 1 is 1.02 bits per heavy atom. The average Bonchev–Trinajstić information content (AvgIpc) is 3.54. The lowest BCUT2D eigenvalue weighted by Gasteiger charge is -2.11. The van der Waals surface area contributed by atoms with Crippen LogP contribution in [-0.2, 0) is 16.2 Å². The van der Waals surface area contributed by atoms with E-state index < -0.39 is 21.8 Å². The minimum Gasteiger partial charge on any atom is -0.497 e. The van der Waals surface area contributed by atoms with Gasteiger partial charge in [0.25, 0.3) is 0 Å². The van der Waals surface area contributed by atoms with E-state index in [0.717, 1.165) is 57.5 Å². The monoisotopic (exact) mass is 587 g/mol. The molecule has 0 radical (unpaired) electrons. The molecule has 0 unspecified atom stereocenters. The summed E-state index contributed by atoms with van der Waals surface area (Å²) in [6.07, 6.45) is -0.464. The Morgan fingerprint density at radius 3 is 2.58 bits per heavy atom. The van der Waals surface area contributed by atoms with Gasteiger partial charge in [-0.15, -0.1) is 11.3 Å². The number of alkyl halides is 3. The van der Waals surface area contributed by atoms with Crippen LogP contribution in [0.3, 0.4) is 0 Å². The number of benzene rings is 2. The maximum Gasteiger partial charge on any atom is 0.416 e. The number of nitrogens with zero attached hydrogens (tertiary/aromatic N) is 3. The number of rotatable bonds is 10. The first-order valence-electron chi connectivity index (χ1n) is 12.1. The number of hydrogen-bond acceptors (Lipinski definition) is 7. The lowest BCUT2D eigenvalue weighted by molar-refractivity contribution is -0.137. The molecule has 0 aliphatic carbocycles. The number of anilines is 1. The molecule has 0 aliphatic rings. The number of thiazole rings is 1. The summed E-state index contributed by atoms with van der Waals surface area (Å²) >= 11 is 1.53. The van der Waals surface area contributed by atoms with Crippen LogP contribution in [0.2, 0.25) is 0 Å². The minimum absolute atomic E-state index is 0.0915. The third-order valence-electron chi connectivity index (χ3n) is 6.08. The Morgan fingerprint density at radius 2 is 1.82 bits per heavy atom. The number of sulfonamides is 1. The number of ether oxygens (including phenoxy) is 1. The van der Waals surface area contributed by atoms with E-state index in [0.29, 0.717) is 18.8 Å². The fourth-order valence-electron chi connectivity index (χ4n) is 4.13. The molecular formula is C27H24F3N5O3S2. The molecule has 0 aliphatic heterocycles. The topological polar surface area (TPSA) is 97.6 Å².